The molecule has 3 nitrogen and oxygen atoms in total. The monoisotopic (exact) mass is 399 g/mol. The number of aliphatic imine (C=N–C) groups is 2. The molecule has 3 aromatic rings. The Morgan fingerprint density at radius 1 is 1.00 bits per heavy atom. The summed E-state index contributed by atoms with van der Waals surface area (Å²) >= 11 is 5.08. The highest BCUT2D eigenvalue weighted by Crippen LogP contribution is 2.32. The van der Waals surface area contributed by atoms with Gasteiger partial charge in [0.25, 0.3) is 0 Å². The second-order valence-corrected chi connectivity index (χ2v) is 7.03. The number of hydrogen-bond acceptors (Lipinski definition) is 4. The second-order valence-electron chi connectivity index (χ2n) is 5.17. The van der Waals surface area contributed by atoms with E-state index in [0.717, 1.165) is 32.1 Å². The molecule has 1 aliphatic heterocycles. The van der Waals surface area contributed by atoms with Crippen LogP contribution in [0.5, 0.6) is 0 Å². The number of amidine groups is 2. The molecule has 0 radical (unpaired) electrons. The zero-order valence-corrected chi connectivity index (χ0v) is 14.7. The highest BCUT2D eigenvalue weighted by molar-refractivity contribution is 9.10. The van der Waals surface area contributed by atoms with E-state index in [2.05, 4.69) is 26.2 Å². The topological polar surface area (TPSA) is 36.8 Å². The van der Waals surface area contributed by atoms with Gasteiger partial charge < -0.3 is 5.32 Å². The quantitative estimate of drug-likeness (QED) is 0.597. The summed E-state index contributed by atoms with van der Waals surface area (Å²) in [6.07, 6.45) is 0. The smallest absolute Gasteiger partial charge is 0.162 e. The first kappa shape index (κ1) is 15.2. The van der Waals surface area contributed by atoms with Crippen molar-refractivity contribution in [1.82, 2.24) is 0 Å². The molecule has 1 aromatic heterocycles. The first-order chi connectivity index (χ1) is 11.7. The van der Waals surface area contributed by atoms with Gasteiger partial charge in [-0.1, -0.05) is 22.0 Å². The molecule has 0 atom stereocenters. The molecular formula is C18H11BrFN3S. The number of halogens is 2. The lowest BCUT2D eigenvalue weighted by Gasteiger charge is -2.08. The fourth-order valence-electron chi connectivity index (χ4n) is 2.36. The molecule has 2 heterocycles. The number of rotatable bonds is 2. The average Bonchev–Trinajstić information content (AvgIpc) is 3.04. The van der Waals surface area contributed by atoms with E-state index in [9.17, 15) is 4.39 Å². The third kappa shape index (κ3) is 3.02. The maximum Gasteiger partial charge on any atom is 0.162 e. The Labute approximate surface area is 150 Å². The molecule has 1 N–H and O–H groups in total. The first-order valence-corrected chi connectivity index (χ1v) is 8.90. The molecule has 0 aliphatic carbocycles. The molecule has 0 saturated heterocycles. The molecule has 0 spiro atoms. The minimum Gasteiger partial charge on any atom is -0.337 e. The predicted molar refractivity (Wildman–Crippen MR) is 101 cm³/mol. The lowest BCUT2D eigenvalue weighted by Crippen LogP contribution is -2.13. The SMILES string of the molecule is Fc1ccc(C2=Nc3ccc(Br)cc3NC(c3cccs3)=N2)cc1. The highest BCUT2D eigenvalue weighted by Gasteiger charge is 2.16. The number of benzene rings is 2. The molecule has 0 fully saturated rings. The van der Waals surface area contributed by atoms with Crippen molar-refractivity contribution in [3.05, 3.63) is 80.7 Å². The number of nitrogens with zero attached hydrogens (tertiary/aromatic N) is 2. The largest absolute Gasteiger partial charge is 0.337 e. The summed E-state index contributed by atoms with van der Waals surface area (Å²) in [4.78, 5) is 10.4. The summed E-state index contributed by atoms with van der Waals surface area (Å²) in [5, 5.41) is 5.36. The van der Waals surface area contributed by atoms with Gasteiger partial charge >= 0.3 is 0 Å². The van der Waals surface area contributed by atoms with Gasteiger partial charge in [0, 0.05) is 10.0 Å². The molecule has 6 heteroatoms. The van der Waals surface area contributed by atoms with Gasteiger partial charge in [0.05, 0.1) is 16.3 Å². The van der Waals surface area contributed by atoms with Gasteiger partial charge in [-0.15, -0.1) is 11.3 Å². The van der Waals surface area contributed by atoms with E-state index < -0.39 is 0 Å². The number of anilines is 1. The van der Waals surface area contributed by atoms with Crippen molar-refractivity contribution in [3.63, 3.8) is 0 Å². The Hall–Kier alpha value is -2.31. The van der Waals surface area contributed by atoms with Gasteiger partial charge in [0.15, 0.2) is 5.84 Å². The van der Waals surface area contributed by atoms with Crippen molar-refractivity contribution >= 4 is 50.3 Å². The van der Waals surface area contributed by atoms with Gasteiger partial charge in [-0.05, 0) is 53.9 Å². The molecule has 2 aromatic carbocycles. The lowest BCUT2D eigenvalue weighted by molar-refractivity contribution is 0.628. The minimum absolute atomic E-state index is 0.280. The van der Waals surface area contributed by atoms with Crippen LogP contribution in [0.2, 0.25) is 0 Å². The Kier molecular flexibility index (Phi) is 4.00. The van der Waals surface area contributed by atoms with Gasteiger partial charge in [0.1, 0.15) is 11.7 Å². The Balaban J connectivity index is 1.89. The Morgan fingerprint density at radius 2 is 1.83 bits per heavy atom. The van der Waals surface area contributed by atoms with Crippen LogP contribution in [-0.2, 0) is 0 Å². The van der Waals surface area contributed by atoms with Crippen LogP contribution in [0.1, 0.15) is 10.4 Å². The van der Waals surface area contributed by atoms with Crippen LogP contribution >= 0.6 is 27.3 Å². The fraction of sp³-hybridized carbons (Fsp3) is 0. The zero-order valence-electron chi connectivity index (χ0n) is 12.3. The van der Waals surface area contributed by atoms with Gasteiger partial charge in [-0.3, -0.25) is 0 Å². The van der Waals surface area contributed by atoms with E-state index in [1.54, 1.807) is 23.5 Å². The van der Waals surface area contributed by atoms with Crippen LogP contribution in [0.15, 0.2) is 74.4 Å². The number of fused-ring (bicyclic) bond motifs is 1. The standard InChI is InChI=1S/C18H11BrFN3S/c19-12-5-8-14-15(10-12)22-18(16-2-1-9-24-16)23-17(21-14)11-3-6-13(20)7-4-11/h1-10H,(H,21,22,23). The van der Waals surface area contributed by atoms with E-state index in [-0.39, 0.29) is 5.82 Å². The first-order valence-electron chi connectivity index (χ1n) is 7.23. The van der Waals surface area contributed by atoms with Crippen molar-refractivity contribution < 1.29 is 4.39 Å². The minimum atomic E-state index is -0.280. The third-order valence-corrected chi connectivity index (χ3v) is 4.88. The van der Waals surface area contributed by atoms with Crippen LogP contribution in [-0.4, -0.2) is 11.7 Å². The molecule has 0 saturated carbocycles. The molecule has 0 unspecified atom stereocenters. The van der Waals surface area contributed by atoms with Gasteiger partial charge in [0.2, 0.25) is 0 Å². The summed E-state index contributed by atoms with van der Waals surface area (Å²) in [7, 11) is 0. The average molecular weight is 400 g/mol. The molecule has 118 valence electrons. The van der Waals surface area contributed by atoms with Crippen molar-refractivity contribution in [1.29, 1.82) is 0 Å². The third-order valence-electron chi connectivity index (χ3n) is 3.51. The number of thiophene rings is 1. The van der Waals surface area contributed by atoms with E-state index in [1.807, 2.05) is 35.7 Å². The predicted octanol–water partition coefficient (Wildman–Crippen LogP) is 5.60. The summed E-state index contributed by atoms with van der Waals surface area (Å²) in [6, 6.07) is 16.0. The van der Waals surface area contributed by atoms with E-state index in [1.165, 1.54) is 12.1 Å². The zero-order chi connectivity index (χ0) is 16.5. The van der Waals surface area contributed by atoms with Crippen LogP contribution in [0.3, 0.4) is 0 Å². The van der Waals surface area contributed by atoms with Crippen LogP contribution < -0.4 is 5.32 Å². The van der Waals surface area contributed by atoms with Crippen molar-refractivity contribution in [2.24, 2.45) is 9.98 Å². The highest BCUT2D eigenvalue weighted by atomic mass is 79.9. The van der Waals surface area contributed by atoms with E-state index in [0.29, 0.717) is 5.84 Å². The Bertz CT molecular complexity index is 947. The summed E-state index contributed by atoms with van der Waals surface area (Å²) in [5.41, 5.74) is 2.42. The molecule has 1 aliphatic rings. The van der Waals surface area contributed by atoms with Gasteiger partial charge in [-0.25, -0.2) is 14.4 Å². The number of hydrogen-bond donors (Lipinski definition) is 1. The number of nitrogens with one attached hydrogen (secondary N) is 1. The van der Waals surface area contributed by atoms with Crippen molar-refractivity contribution in [3.8, 4) is 0 Å². The van der Waals surface area contributed by atoms with E-state index >= 15 is 0 Å². The van der Waals surface area contributed by atoms with Crippen molar-refractivity contribution in [2.45, 2.75) is 0 Å². The maximum atomic E-state index is 13.2. The van der Waals surface area contributed by atoms with E-state index in [4.69, 9.17) is 4.99 Å². The molecule has 0 amide bonds. The van der Waals surface area contributed by atoms with Crippen LogP contribution in [0, 0.1) is 5.82 Å². The normalized spacial score (nSPS) is 13.4. The summed E-state index contributed by atoms with van der Waals surface area (Å²) in [6.45, 7) is 0. The summed E-state index contributed by atoms with van der Waals surface area (Å²) < 4.78 is 14.2. The lowest BCUT2D eigenvalue weighted by atomic mass is 10.2. The Morgan fingerprint density at radius 3 is 2.58 bits per heavy atom. The second kappa shape index (κ2) is 6.30. The van der Waals surface area contributed by atoms with Crippen molar-refractivity contribution in [2.75, 3.05) is 5.32 Å². The van der Waals surface area contributed by atoms with Gasteiger partial charge in [-0.2, -0.15) is 0 Å². The van der Waals surface area contributed by atoms with Crippen LogP contribution in [0.25, 0.3) is 0 Å². The molecular weight excluding hydrogens is 389 g/mol. The molecule has 4 rings (SSSR count). The molecule has 24 heavy (non-hydrogen) atoms. The molecule has 0 bridgehead atoms. The van der Waals surface area contributed by atoms with Crippen LogP contribution in [0.4, 0.5) is 15.8 Å². The fourth-order valence-corrected chi connectivity index (χ4v) is 3.39. The maximum absolute atomic E-state index is 13.2. The summed E-state index contributed by atoms with van der Waals surface area (Å²) in [5.74, 6) is 0.995.